The zero-order chi connectivity index (χ0) is 13.7. The van der Waals surface area contributed by atoms with Gasteiger partial charge in [-0.1, -0.05) is 30.8 Å². The first-order valence-electron chi connectivity index (χ1n) is 6.15. The Morgan fingerprint density at radius 3 is 2.74 bits per heavy atom. The Bertz CT molecular complexity index is 560. The van der Waals surface area contributed by atoms with Crippen LogP contribution in [0.1, 0.15) is 13.3 Å². The Morgan fingerprint density at radius 1 is 1.21 bits per heavy atom. The summed E-state index contributed by atoms with van der Waals surface area (Å²) in [6, 6.07) is 12.1. The fourth-order valence-electron chi connectivity index (χ4n) is 1.61. The molecule has 0 saturated carbocycles. The summed E-state index contributed by atoms with van der Waals surface area (Å²) in [4.78, 5) is 1.69. The Labute approximate surface area is 116 Å². The molecule has 2 aromatic carbocycles. The van der Waals surface area contributed by atoms with Gasteiger partial charge in [0.05, 0.1) is 12.3 Å². The normalized spacial score (nSPS) is 10.4. The lowest BCUT2D eigenvalue weighted by molar-refractivity contribution is 0.318. The van der Waals surface area contributed by atoms with E-state index in [9.17, 15) is 4.39 Å². The van der Waals surface area contributed by atoms with Gasteiger partial charge >= 0.3 is 0 Å². The number of halogens is 1. The van der Waals surface area contributed by atoms with Crippen LogP contribution in [0.5, 0.6) is 5.75 Å². The van der Waals surface area contributed by atoms with Gasteiger partial charge in [-0.05, 0) is 36.8 Å². The van der Waals surface area contributed by atoms with Gasteiger partial charge in [-0.15, -0.1) is 0 Å². The summed E-state index contributed by atoms with van der Waals surface area (Å²) in [6.45, 7) is 2.68. The average Bonchev–Trinajstić information content (AvgIpc) is 2.40. The van der Waals surface area contributed by atoms with Crippen molar-refractivity contribution in [3.05, 3.63) is 48.3 Å². The van der Waals surface area contributed by atoms with Gasteiger partial charge in [0.25, 0.3) is 0 Å². The minimum atomic E-state index is -0.248. The highest BCUT2D eigenvalue weighted by Crippen LogP contribution is 2.37. The van der Waals surface area contributed by atoms with E-state index in [0.29, 0.717) is 18.0 Å². The largest absolute Gasteiger partial charge is 0.491 e. The van der Waals surface area contributed by atoms with Gasteiger partial charge in [-0.25, -0.2) is 4.39 Å². The van der Waals surface area contributed by atoms with Crippen LogP contribution in [0.3, 0.4) is 0 Å². The van der Waals surface area contributed by atoms with Crippen LogP contribution in [0, 0.1) is 5.82 Å². The maximum absolute atomic E-state index is 13.1. The highest BCUT2D eigenvalue weighted by Gasteiger charge is 2.07. The second-order valence-electron chi connectivity index (χ2n) is 4.08. The third kappa shape index (κ3) is 3.64. The molecular formula is C15H16FNOS. The molecule has 0 aliphatic heterocycles. The molecule has 0 heterocycles. The number of nitrogen functional groups attached to an aromatic ring is 1. The topological polar surface area (TPSA) is 35.2 Å². The lowest BCUT2D eigenvalue weighted by Crippen LogP contribution is -1.99. The summed E-state index contributed by atoms with van der Waals surface area (Å²) in [5.41, 5.74) is 6.67. The van der Waals surface area contributed by atoms with Crippen LogP contribution < -0.4 is 10.5 Å². The minimum absolute atomic E-state index is 0.248. The van der Waals surface area contributed by atoms with Crippen molar-refractivity contribution >= 4 is 17.4 Å². The number of rotatable bonds is 5. The fraction of sp³-hybridized carbons (Fsp3) is 0.200. The van der Waals surface area contributed by atoms with Crippen molar-refractivity contribution in [1.29, 1.82) is 0 Å². The predicted octanol–water partition coefficient (Wildman–Crippen LogP) is 4.35. The van der Waals surface area contributed by atoms with Crippen molar-refractivity contribution < 1.29 is 9.13 Å². The monoisotopic (exact) mass is 277 g/mol. The molecule has 0 amide bonds. The summed E-state index contributed by atoms with van der Waals surface area (Å²) in [6.07, 6.45) is 0.931. The highest BCUT2D eigenvalue weighted by atomic mass is 32.2. The molecule has 2 nitrogen and oxygen atoms in total. The number of hydrogen-bond donors (Lipinski definition) is 1. The van der Waals surface area contributed by atoms with E-state index in [-0.39, 0.29) is 5.82 Å². The third-order valence-electron chi connectivity index (χ3n) is 2.51. The molecule has 0 unspecified atom stereocenters. The second-order valence-corrected chi connectivity index (χ2v) is 5.19. The molecule has 0 aromatic heterocycles. The smallest absolute Gasteiger partial charge is 0.143 e. The van der Waals surface area contributed by atoms with Crippen molar-refractivity contribution in [3.63, 3.8) is 0 Å². The lowest BCUT2D eigenvalue weighted by Gasteiger charge is -2.11. The molecule has 0 aliphatic rings. The summed E-state index contributed by atoms with van der Waals surface area (Å²) in [5, 5.41) is 0. The summed E-state index contributed by atoms with van der Waals surface area (Å²) in [7, 11) is 0. The first-order chi connectivity index (χ1) is 9.20. The Morgan fingerprint density at radius 2 is 2.00 bits per heavy atom. The van der Waals surface area contributed by atoms with Crippen molar-refractivity contribution in [2.75, 3.05) is 12.3 Å². The molecule has 0 saturated heterocycles. The molecule has 0 fully saturated rings. The molecule has 2 aromatic rings. The van der Waals surface area contributed by atoms with Crippen LogP contribution in [0.2, 0.25) is 0 Å². The molecule has 0 aliphatic carbocycles. The summed E-state index contributed by atoms with van der Waals surface area (Å²) < 4.78 is 18.7. The fourth-order valence-corrected chi connectivity index (χ4v) is 2.54. The third-order valence-corrected chi connectivity index (χ3v) is 3.58. The predicted molar refractivity (Wildman–Crippen MR) is 77.2 cm³/mol. The molecule has 0 radical (unpaired) electrons. The van der Waals surface area contributed by atoms with Crippen LogP contribution >= 0.6 is 11.8 Å². The van der Waals surface area contributed by atoms with E-state index in [1.54, 1.807) is 6.07 Å². The van der Waals surface area contributed by atoms with Crippen LogP contribution in [0.25, 0.3) is 0 Å². The van der Waals surface area contributed by atoms with E-state index >= 15 is 0 Å². The Hall–Kier alpha value is -1.68. The van der Waals surface area contributed by atoms with Crippen molar-refractivity contribution in [2.24, 2.45) is 0 Å². The molecule has 2 rings (SSSR count). The van der Waals surface area contributed by atoms with Gasteiger partial charge in [0.2, 0.25) is 0 Å². The van der Waals surface area contributed by atoms with E-state index in [4.69, 9.17) is 10.5 Å². The van der Waals surface area contributed by atoms with E-state index in [2.05, 4.69) is 0 Å². The van der Waals surface area contributed by atoms with Crippen molar-refractivity contribution in [3.8, 4) is 5.75 Å². The highest BCUT2D eigenvalue weighted by molar-refractivity contribution is 7.99. The van der Waals surface area contributed by atoms with Crippen LogP contribution in [0.4, 0.5) is 10.1 Å². The van der Waals surface area contributed by atoms with Gasteiger partial charge < -0.3 is 10.5 Å². The molecule has 19 heavy (non-hydrogen) atoms. The molecule has 0 atom stereocenters. The van der Waals surface area contributed by atoms with Gasteiger partial charge in [-0.2, -0.15) is 0 Å². The Balaban J connectivity index is 2.20. The van der Waals surface area contributed by atoms with Gasteiger partial charge in [0.15, 0.2) is 0 Å². The first kappa shape index (κ1) is 13.7. The maximum atomic E-state index is 13.1. The molecule has 2 N–H and O–H groups in total. The maximum Gasteiger partial charge on any atom is 0.143 e. The first-order valence-corrected chi connectivity index (χ1v) is 6.97. The average molecular weight is 277 g/mol. The summed E-state index contributed by atoms with van der Waals surface area (Å²) >= 11 is 1.43. The number of para-hydroxylation sites is 1. The molecule has 0 bridgehead atoms. The van der Waals surface area contributed by atoms with Crippen LogP contribution in [-0.4, -0.2) is 6.61 Å². The van der Waals surface area contributed by atoms with Crippen molar-refractivity contribution in [2.45, 2.75) is 23.1 Å². The van der Waals surface area contributed by atoms with E-state index < -0.39 is 0 Å². The van der Waals surface area contributed by atoms with Gasteiger partial charge in [0.1, 0.15) is 11.6 Å². The number of nitrogens with two attached hydrogens (primary N) is 1. The van der Waals surface area contributed by atoms with E-state index in [1.807, 2.05) is 31.2 Å². The molecule has 0 spiro atoms. The lowest BCUT2D eigenvalue weighted by atomic mass is 10.3. The van der Waals surface area contributed by atoms with Crippen LogP contribution in [-0.2, 0) is 0 Å². The summed E-state index contributed by atoms with van der Waals surface area (Å²) in [5.74, 6) is 0.435. The zero-order valence-electron chi connectivity index (χ0n) is 10.7. The van der Waals surface area contributed by atoms with Crippen LogP contribution in [0.15, 0.2) is 52.3 Å². The number of hydrogen-bond acceptors (Lipinski definition) is 3. The zero-order valence-corrected chi connectivity index (χ0v) is 11.5. The standard InChI is InChI=1S/C15H16FNOS/c1-2-9-18-13-7-4-8-14(15(13)17)19-12-6-3-5-11(16)10-12/h3-8,10H,2,9,17H2,1H3. The number of benzene rings is 2. The molecule has 100 valence electrons. The number of ether oxygens (including phenoxy) is 1. The van der Waals surface area contributed by atoms with E-state index in [1.165, 1.54) is 23.9 Å². The van der Waals surface area contributed by atoms with E-state index in [0.717, 1.165) is 16.2 Å². The minimum Gasteiger partial charge on any atom is -0.491 e. The van der Waals surface area contributed by atoms with Gasteiger partial charge in [0, 0.05) is 9.79 Å². The van der Waals surface area contributed by atoms with Gasteiger partial charge in [-0.3, -0.25) is 0 Å². The number of anilines is 1. The quantitative estimate of drug-likeness (QED) is 0.825. The Kier molecular flexibility index (Phi) is 4.68. The molecule has 4 heteroatoms. The second kappa shape index (κ2) is 6.48. The SMILES string of the molecule is CCCOc1cccc(Sc2cccc(F)c2)c1N. The van der Waals surface area contributed by atoms with Crippen molar-refractivity contribution in [1.82, 2.24) is 0 Å². The molecular weight excluding hydrogens is 261 g/mol.